The summed E-state index contributed by atoms with van der Waals surface area (Å²) in [6.07, 6.45) is 4.60. The average Bonchev–Trinajstić information content (AvgIpc) is 2.81. The topological polar surface area (TPSA) is 106 Å². The highest BCUT2D eigenvalue weighted by Crippen LogP contribution is 2.29. The van der Waals surface area contributed by atoms with E-state index in [0.717, 1.165) is 32.1 Å². The number of nitrogens with two attached hydrogens (primary N) is 1. The van der Waals surface area contributed by atoms with Gasteiger partial charge in [0.25, 0.3) is 0 Å². The normalized spacial score (nSPS) is 17.4. The van der Waals surface area contributed by atoms with Crippen molar-refractivity contribution in [3.05, 3.63) is 0 Å². The van der Waals surface area contributed by atoms with Gasteiger partial charge in [0, 0.05) is 6.54 Å². The molecule has 7 heteroatoms. The maximum atomic E-state index is 10.2. The number of anilines is 2. The molecule has 0 radical (unpaired) electrons. The number of nitrogens with zero attached hydrogens (tertiary/aromatic N) is 3. The molecule has 0 spiro atoms. The van der Waals surface area contributed by atoms with E-state index in [9.17, 15) is 5.11 Å². The van der Waals surface area contributed by atoms with Crippen LogP contribution in [-0.4, -0.2) is 38.8 Å². The lowest BCUT2D eigenvalue weighted by Gasteiger charge is -2.22. The summed E-state index contributed by atoms with van der Waals surface area (Å²) in [5, 5.41) is 13.2. The van der Waals surface area contributed by atoms with E-state index in [1.54, 1.807) is 0 Å². The van der Waals surface area contributed by atoms with Gasteiger partial charge >= 0.3 is 6.01 Å². The van der Waals surface area contributed by atoms with Crippen molar-refractivity contribution in [1.29, 1.82) is 0 Å². The van der Waals surface area contributed by atoms with Gasteiger partial charge in [-0.05, 0) is 19.3 Å². The predicted octanol–water partition coefficient (Wildman–Crippen LogP) is 0.960. The zero-order chi connectivity index (χ0) is 13.7. The molecule has 1 aromatic heterocycles. The first kappa shape index (κ1) is 13.8. The monoisotopic (exact) mass is 267 g/mol. The summed E-state index contributed by atoms with van der Waals surface area (Å²) in [4.78, 5) is 12.0. The number of nitrogens with one attached hydrogen (secondary N) is 1. The fraction of sp³-hybridized carbons (Fsp3) is 0.750. The second kappa shape index (κ2) is 6.01. The Morgan fingerprint density at radius 1 is 1.32 bits per heavy atom. The minimum Gasteiger partial charge on any atom is -0.463 e. The largest absolute Gasteiger partial charge is 0.463 e. The molecule has 0 bridgehead atoms. The Bertz CT molecular complexity index is 421. The molecule has 0 aliphatic heterocycles. The van der Waals surface area contributed by atoms with Gasteiger partial charge in [-0.2, -0.15) is 15.0 Å². The first-order valence-electron chi connectivity index (χ1n) is 6.72. The van der Waals surface area contributed by atoms with Crippen LogP contribution in [0.1, 0.15) is 39.0 Å². The maximum absolute atomic E-state index is 10.2. The van der Waals surface area contributed by atoms with E-state index in [1.807, 2.05) is 6.92 Å². The Kier molecular flexibility index (Phi) is 4.36. The van der Waals surface area contributed by atoms with E-state index in [-0.39, 0.29) is 12.0 Å². The zero-order valence-electron chi connectivity index (χ0n) is 11.2. The summed E-state index contributed by atoms with van der Waals surface area (Å²) in [5.74, 6) is 0.459. The smallest absolute Gasteiger partial charge is 0.323 e. The van der Waals surface area contributed by atoms with E-state index in [1.165, 1.54) is 0 Å². The summed E-state index contributed by atoms with van der Waals surface area (Å²) >= 11 is 0. The molecule has 0 aromatic carbocycles. The molecule has 4 N–H and O–H groups in total. The Balaban J connectivity index is 1.97. The molecular formula is C12H21N5O2. The van der Waals surface area contributed by atoms with Crippen LogP contribution < -0.4 is 15.8 Å². The molecule has 2 rings (SSSR count). The molecule has 19 heavy (non-hydrogen) atoms. The van der Waals surface area contributed by atoms with Crippen molar-refractivity contribution in [2.45, 2.75) is 44.6 Å². The lowest BCUT2D eigenvalue weighted by Crippen LogP contribution is -2.34. The van der Waals surface area contributed by atoms with Crippen LogP contribution in [-0.2, 0) is 0 Å². The number of nitrogen functional groups attached to an aromatic ring is 1. The summed E-state index contributed by atoms with van der Waals surface area (Å²) in [6.45, 7) is 2.95. The van der Waals surface area contributed by atoms with Gasteiger partial charge in [-0.15, -0.1) is 0 Å². The molecule has 0 atom stereocenters. The van der Waals surface area contributed by atoms with Crippen LogP contribution in [0.4, 0.5) is 11.9 Å². The third-order valence-electron chi connectivity index (χ3n) is 3.18. The fourth-order valence-electron chi connectivity index (χ4n) is 2.16. The van der Waals surface area contributed by atoms with Crippen molar-refractivity contribution in [3.8, 4) is 6.01 Å². The van der Waals surface area contributed by atoms with Crippen molar-refractivity contribution >= 4 is 11.9 Å². The Morgan fingerprint density at radius 3 is 2.74 bits per heavy atom. The lowest BCUT2D eigenvalue weighted by atomic mass is 10.0. The molecular weight excluding hydrogens is 246 g/mol. The molecule has 1 heterocycles. The summed E-state index contributed by atoms with van der Waals surface area (Å²) in [5.41, 5.74) is 4.94. The van der Waals surface area contributed by atoms with E-state index in [0.29, 0.717) is 19.1 Å². The quantitative estimate of drug-likeness (QED) is 0.704. The molecule has 0 saturated heterocycles. The standard InChI is InChI=1S/C12H21N5O2/c1-2-7-19-11-16-9(13)15-10(17-11)14-8-12(18)5-3-4-6-12/h18H,2-8H2,1H3,(H3,13,14,15,16,17). The second-order valence-corrected chi connectivity index (χ2v) is 4.93. The van der Waals surface area contributed by atoms with Crippen molar-refractivity contribution in [3.63, 3.8) is 0 Å². The number of ether oxygens (including phenoxy) is 1. The van der Waals surface area contributed by atoms with E-state index < -0.39 is 5.60 Å². The highest BCUT2D eigenvalue weighted by Gasteiger charge is 2.31. The van der Waals surface area contributed by atoms with E-state index in [4.69, 9.17) is 10.5 Å². The Labute approximate surface area is 112 Å². The van der Waals surface area contributed by atoms with Gasteiger partial charge in [0.2, 0.25) is 11.9 Å². The zero-order valence-corrected chi connectivity index (χ0v) is 11.2. The third kappa shape index (κ3) is 3.92. The number of rotatable bonds is 6. The first-order valence-corrected chi connectivity index (χ1v) is 6.72. The third-order valence-corrected chi connectivity index (χ3v) is 3.18. The molecule has 1 aromatic rings. The van der Waals surface area contributed by atoms with Crippen LogP contribution in [0.5, 0.6) is 6.01 Å². The molecule has 1 aliphatic carbocycles. The molecule has 7 nitrogen and oxygen atoms in total. The number of hydrogen-bond donors (Lipinski definition) is 3. The summed E-state index contributed by atoms with van der Waals surface area (Å²) in [6, 6.07) is 0.218. The van der Waals surface area contributed by atoms with Gasteiger partial charge in [-0.1, -0.05) is 19.8 Å². The lowest BCUT2D eigenvalue weighted by molar-refractivity contribution is 0.0612. The molecule has 0 unspecified atom stereocenters. The molecule has 1 aliphatic rings. The Hall–Kier alpha value is -1.63. The van der Waals surface area contributed by atoms with Gasteiger partial charge in [0.05, 0.1) is 12.2 Å². The van der Waals surface area contributed by atoms with E-state index in [2.05, 4.69) is 20.3 Å². The first-order chi connectivity index (χ1) is 9.11. The van der Waals surface area contributed by atoms with Crippen molar-refractivity contribution in [2.75, 3.05) is 24.2 Å². The van der Waals surface area contributed by atoms with Crippen LogP contribution in [0.25, 0.3) is 0 Å². The van der Waals surface area contributed by atoms with Gasteiger partial charge in [-0.3, -0.25) is 0 Å². The highest BCUT2D eigenvalue weighted by atomic mass is 16.5. The van der Waals surface area contributed by atoms with Crippen LogP contribution >= 0.6 is 0 Å². The second-order valence-electron chi connectivity index (χ2n) is 4.93. The fourth-order valence-corrected chi connectivity index (χ4v) is 2.16. The summed E-state index contributed by atoms with van der Waals surface area (Å²) < 4.78 is 5.33. The average molecular weight is 267 g/mol. The van der Waals surface area contributed by atoms with Crippen molar-refractivity contribution in [1.82, 2.24) is 15.0 Å². The van der Waals surface area contributed by atoms with E-state index >= 15 is 0 Å². The van der Waals surface area contributed by atoms with Crippen LogP contribution in [0.3, 0.4) is 0 Å². The van der Waals surface area contributed by atoms with Crippen LogP contribution in [0.2, 0.25) is 0 Å². The molecule has 106 valence electrons. The van der Waals surface area contributed by atoms with Gasteiger partial charge in [-0.25, -0.2) is 0 Å². The summed E-state index contributed by atoms with van der Waals surface area (Å²) in [7, 11) is 0. The van der Waals surface area contributed by atoms with Gasteiger partial charge in [0.1, 0.15) is 0 Å². The molecule has 1 saturated carbocycles. The number of hydrogen-bond acceptors (Lipinski definition) is 7. The number of aliphatic hydroxyl groups is 1. The number of aromatic nitrogens is 3. The van der Waals surface area contributed by atoms with Crippen LogP contribution in [0, 0.1) is 0 Å². The van der Waals surface area contributed by atoms with Crippen LogP contribution in [0.15, 0.2) is 0 Å². The maximum Gasteiger partial charge on any atom is 0.323 e. The minimum absolute atomic E-state index is 0.113. The molecule has 0 amide bonds. The SMILES string of the molecule is CCCOc1nc(N)nc(NCC2(O)CCCC2)n1. The highest BCUT2D eigenvalue weighted by molar-refractivity contribution is 5.33. The van der Waals surface area contributed by atoms with Crippen molar-refractivity contribution in [2.24, 2.45) is 0 Å². The van der Waals surface area contributed by atoms with Gasteiger partial charge in [0.15, 0.2) is 0 Å². The predicted molar refractivity (Wildman–Crippen MR) is 71.9 cm³/mol. The Morgan fingerprint density at radius 2 is 2.05 bits per heavy atom. The van der Waals surface area contributed by atoms with Crippen molar-refractivity contribution < 1.29 is 9.84 Å². The molecule has 1 fully saturated rings. The minimum atomic E-state index is -0.661. The van der Waals surface area contributed by atoms with Gasteiger partial charge < -0.3 is 20.9 Å².